The highest BCUT2D eigenvalue weighted by atomic mass is 32.2. The van der Waals surface area contributed by atoms with Crippen LogP contribution in [0, 0.1) is 0 Å². The van der Waals surface area contributed by atoms with Gasteiger partial charge in [-0.1, -0.05) is 25.0 Å². The van der Waals surface area contributed by atoms with Crippen molar-refractivity contribution in [3.8, 4) is 0 Å². The molecule has 2 aromatic rings. The van der Waals surface area contributed by atoms with Gasteiger partial charge in [0.15, 0.2) is 0 Å². The Morgan fingerprint density at radius 3 is 3.08 bits per heavy atom. The maximum Gasteiger partial charge on any atom is 0.254 e. The lowest BCUT2D eigenvalue weighted by molar-refractivity contribution is 0.0718. The van der Waals surface area contributed by atoms with E-state index in [2.05, 4.69) is 34.6 Å². The van der Waals surface area contributed by atoms with Crippen LogP contribution in [0.1, 0.15) is 40.9 Å². The largest absolute Gasteiger partial charge is 0.332 e. The highest BCUT2D eigenvalue weighted by molar-refractivity contribution is 7.98. The topological polar surface area (TPSA) is 33.2 Å². The van der Waals surface area contributed by atoms with Crippen LogP contribution in [-0.2, 0) is 0 Å². The number of pyridine rings is 1. The zero-order valence-electron chi connectivity index (χ0n) is 13.9. The van der Waals surface area contributed by atoms with E-state index in [0.29, 0.717) is 0 Å². The lowest BCUT2D eigenvalue weighted by atomic mass is 10.1. The van der Waals surface area contributed by atoms with Crippen molar-refractivity contribution in [2.24, 2.45) is 0 Å². The predicted octanol–water partition coefficient (Wildman–Crippen LogP) is 4.96. The third-order valence-corrected chi connectivity index (χ3v) is 5.76. The van der Waals surface area contributed by atoms with Gasteiger partial charge in [0.25, 0.3) is 5.91 Å². The molecule has 126 valence electrons. The van der Waals surface area contributed by atoms with Gasteiger partial charge in [-0.25, -0.2) is 4.98 Å². The van der Waals surface area contributed by atoms with E-state index in [0.717, 1.165) is 30.0 Å². The van der Waals surface area contributed by atoms with Gasteiger partial charge in [-0.15, -0.1) is 23.1 Å². The van der Waals surface area contributed by atoms with E-state index in [1.165, 1.54) is 17.7 Å². The highest BCUT2D eigenvalue weighted by Crippen LogP contribution is 2.23. The molecule has 5 heteroatoms. The fourth-order valence-corrected chi connectivity index (χ4v) is 4.04. The second kappa shape index (κ2) is 8.49. The van der Waals surface area contributed by atoms with Gasteiger partial charge in [-0.05, 0) is 48.8 Å². The Kier molecular flexibility index (Phi) is 6.10. The van der Waals surface area contributed by atoms with Crippen molar-refractivity contribution < 1.29 is 4.79 Å². The molecule has 0 aromatic carbocycles. The molecule has 3 heterocycles. The molecule has 24 heavy (non-hydrogen) atoms. The van der Waals surface area contributed by atoms with E-state index in [4.69, 9.17) is 0 Å². The first-order chi connectivity index (χ1) is 11.8. The Morgan fingerprint density at radius 2 is 2.29 bits per heavy atom. The minimum Gasteiger partial charge on any atom is -0.332 e. The van der Waals surface area contributed by atoms with E-state index in [9.17, 15) is 4.79 Å². The Balaban J connectivity index is 1.82. The molecule has 3 rings (SSSR count). The van der Waals surface area contributed by atoms with E-state index >= 15 is 0 Å². The van der Waals surface area contributed by atoms with Crippen molar-refractivity contribution in [3.63, 3.8) is 0 Å². The van der Waals surface area contributed by atoms with E-state index in [-0.39, 0.29) is 11.9 Å². The summed E-state index contributed by atoms with van der Waals surface area (Å²) in [4.78, 5) is 20.6. The first-order valence-corrected chi connectivity index (χ1v) is 10.4. The number of hydrogen-bond donors (Lipinski definition) is 0. The number of aromatic nitrogens is 1. The predicted molar refractivity (Wildman–Crippen MR) is 103 cm³/mol. The minimum absolute atomic E-state index is 0.121. The maximum atomic E-state index is 13.1. The fraction of sp³-hybridized carbons (Fsp3) is 0.368. The lowest BCUT2D eigenvalue weighted by Gasteiger charge is -2.28. The zero-order chi connectivity index (χ0) is 16.8. The molecule has 2 aromatic heterocycles. The molecule has 0 N–H and O–H groups in total. The van der Waals surface area contributed by atoms with Gasteiger partial charge in [0.1, 0.15) is 0 Å². The summed E-state index contributed by atoms with van der Waals surface area (Å²) in [6.07, 6.45) is 12.5. The van der Waals surface area contributed by atoms with E-state index in [1.54, 1.807) is 29.3 Å². The van der Waals surface area contributed by atoms with Gasteiger partial charge in [0.05, 0.1) is 11.1 Å². The van der Waals surface area contributed by atoms with Gasteiger partial charge >= 0.3 is 0 Å². The average Bonchev–Trinajstić information content (AvgIpc) is 3.03. The van der Waals surface area contributed by atoms with Gasteiger partial charge in [0, 0.05) is 23.2 Å². The fourth-order valence-electron chi connectivity index (χ4n) is 3.00. The van der Waals surface area contributed by atoms with Crippen LogP contribution >= 0.6 is 23.1 Å². The number of rotatable bonds is 4. The molecular formula is C19H22N2OS2. The molecule has 1 fully saturated rings. The van der Waals surface area contributed by atoms with Crippen LogP contribution in [0.4, 0.5) is 0 Å². The number of amides is 1. The van der Waals surface area contributed by atoms with Gasteiger partial charge in [-0.3, -0.25) is 4.79 Å². The normalized spacial score (nSPS) is 18.7. The molecule has 1 aliphatic heterocycles. The molecule has 0 spiro atoms. The van der Waals surface area contributed by atoms with Crippen LogP contribution in [0.15, 0.2) is 46.9 Å². The molecule has 0 saturated carbocycles. The van der Waals surface area contributed by atoms with Crippen LogP contribution in [0.3, 0.4) is 0 Å². The highest BCUT2D eigenvalue weighted by Gasteiger charge is 2.24. The molecule has 1 atom stereocenters. The summed E-state index contributed by atoms with van der Waals surface area (Å²) in [6.45, 7) is 0.829. The molecule has 1 unspecified atom stereocenters. The number of thioether (sulfide) groups is 1. The number of likely N-dealkylation sites (tertiary alicyclic amines) is 1. The molecule has 0 radical (unpaired) electrons. The Morgan fingerprint density at radius 1 is 1.38 bits per heavy atom. The quantitative estimate of drug-likeness (QED) is 0.724. The lowest BCUT2D eigenvalue weighted by Crippen LogP contribution is -2.39. The van der Waals surface area contributed by atoms with Crippen molar-refractivity contribution in [3.05, 3.63) is 52.4 Å². The van der Waals surface area contributed by atoms with Gasteiger partial charge in [0.2, 0.25) is 0 Å². The van der Waals surface area contributed by atoms with Crippen LogP contribution < -0.4 is 0 Å². The SMILES string of the molecule is CSc1cc(C(=O)N2CCCCCC2/C=C/c2cccs2)ccn1. The van der Waals surface area contributed by atoms with Crippen molar-refractivity contribution in [1.82, 2.24) is 9.88 Å². The summed E-state index contributed by atoms with van der Waals surface area (Å²) in [6, 6.07) is 8.07. The molecule has 0 bridgehead atoms. The third-order valence-electron chi connectivity index (χ3n) is 4.28. The van der Waals surface area contributed by atoms with E-state index < -0.39 is 0 Å². The van der Waals surface area contributed by atoms with Crippen molar-refractivity contribution in [1.29, 1.82) is 0 Å². The molecule has 1 saturated heterocycles. The van der Waals surface area contributed by atoms with Gasteiger partial charge < -0.3 is 4.90 Å². The van der Waals surface area contributed by atoms with Crippen molar-refractivity contribution in [2.45, 2.75) is 36.8 Å². The smallest absolute Gasteiger partial charge is 0.254 e. The average molecular weight is 359 g/mol. The Labute approximate surface area is 151 Å². The summed E-state index contributed by atoms with van der Waals surface area (Å²) in [5.74, 6) is 0.121. The standard InChI is InChI=1S/C19H22N2OS2/c1-23-18-14-15(10-11-20-18)19(22)21-12-4-2-3-6-16(21)8-9-17-7-5-13-24-17/h5,7-11,13-14,16H,2-4,6,12H2,1H3/b9-8+. The minimum atomic E-state index is 0.121. The summed E-state index contributed by atoms with van der Waals surface area (Å²) >= 11 is 3.29. The van der Waals surface area contributed by atoms with E-state index in [1.807, 2.05) is 23.3 Å². The first-order valence-electron chi connectivity index (χ1n) is 8.30. The molecule has 0 aliphatic carbocycles. The Hall–Kier alpha value is -1.59. The summed E-state index contributed by atoms with van der Waals surface area (Å²) in [5, 5.41) is 2.97. The summed E-state index contributed by atoms with van der Waals surface area (Å²) in [5.41, 5.74) is 0.741. The third kappa shape index (κ3) is 4.28. The molecular weight excluding hydrogens is 336 g/mol. The first kappa shape index (κ1) is 17.2. The number of thiophene rings is 1. The summed E-state index contributed by atoms with van der Waals surface area (Å²) in [7, 11) is 0. The second-order valence-electron chi connectivity index (χ2n) is 5.88. The molecule has 3 nitrogen and oxygen atoms in total. The maximum absolute atomic E-state index is 13.1. The zero-order valence-corrected chi connectivity index (χ0v) is 15.5. The molecule has 1 aliphatic rings. The molecule has 1 amide bonds. The number of carbonyl (C=O) groups excluding carboxylic acids is 1. The van der Waals surface area contributed by atoms with Gasteiger partial charge in [-0.2, -0.15) is 0 Å². The monoisotopic (exact) mass is 358 g/mol. The number of nitrogens with zero attached hydrogens (tertiary/aromatic N) is 2. The van der Waals surface area contributed by atoms with Crippen LogP contribution in [-0.4, -0.2) is 34.6 Å². The van der Waals surface area contributed by atoms with Crippen LogP contribution in [0.2, 0.25) is 0 Å². The van der Waals surface area contributed by atoms with Crippen molar-refractivity contribution in [2.75, 3.05) is 12.8 Å². The van der Waals surface area contributed by atoms with Crippen molar-refractivity contribution >= 4 is 35.1 Å². The van der Waals surface area contributed by atoms with Crippen LogP contribution in [0.25, 0.3) is 6.08 Å². The number of hydrogen-bond acceptors (Lipinski definition) is 4. The number of carbonyl (C=O) groups is 1. The summed E-state index contributed by atoms with van der Waals surface area (Å²) < 4.78 is 0. The van der Waals surface area contributed by atoms with Crippen LogP contribution in [0.5, 0.6) is 0 Å². The second-order valence-corrected chi connectivity index (χ2v) is 7.68. The Bertz CT molecular complexity index is 697.